The van der Waals surface area contributed by atoms with Crippen LogP contribution in [0.4, 0.5) is 0 Å². The Hall–Kier alpha value is -2.46. The third kappa shape index (κ3) is 4.64. The molecule has 27 heavy (non-hydrogen) atoms. The molecule has 0 saturated heterocycles. The first-order valence-electron chi connectivity index (χ1n) is 9.78. The number of benzene rings is 2. The van der Waals surface area contributed by atoms with Gasteiger partial charge < -0.3 is 10.6 Å². The molecule has 1 unspecified atom stereocenters. The summed E-state index contributed by atoms with van der Waals surface area (Å²) < 4.78 is 0. The molecule has 1 heterocycles. The molecule has 4 nitrogen and oxygen atoms in total. The topological polar surface area (TPSA) is 54.0 Å². The van der Waals surface area contributed by atoms with Crippen LogP contribution in [0.15, 0.2) is 48.5 Å². The van der Waals surface area contributed by atoms with Crippen molar-refractivity contribution in [3.05, 3.63) is 54.1 Å². The highest BCUT2D eigenvalue weighted by atomic mass is 16.2. The van der Waals surface area contributed by atoms with Gasteiger partial charge in [-0.15, -0.1) is 0 Å². The summed E-state index contributed by atoms with van der Waals surface area (Å²) in [6.45, 7) is 8.14. The van der Waals surface area contributed by atoms with Crippen LogP contribution in [0.3, 0.4) is 0 Å². The fourth-order valence-corrected chi connectivity index (χ4v) is 3.56. The molecule has 0 saturated carbocycles. The summed E-state index contributed by atoms with van der Waals surface area (Å²) in [5.74, 6) is 0.0707. The van der Waals surface area contributed by atoms with Gasteiger partial charge in [0.1, 0.15) is 0 Å². The van der Waals surface area contributed by atoms with Gasteiger partial charge in [0.05, 0.1) is 17.1 Å². The largest absolute Gasteiger partial charge is 0.353 e. The summed E-state index contributed by atoms with van der Waals surface area (Å²) in [4.78, 5) is 17.4. The highest BCUT2D eigenvalue weighted by Gasteiger charge is 2.20. The molecule has 2 aromatic carbocycles. The van der Waals surface area contributed by atoms with Crippen LogP contribution in [0.2, 0.25) is 0 Å². The molecule has 142 valence electrons. The minimum atomic E-state index is -0.210. The van der Waals surface area contributed by atoms with Crippen LogP contribution in [-0.4, -0.2) is 29.0 Å². The van der Waals surface area contributed by atoms with Crippen molar-refractivity contribution in [2.75, 3.05) is 0 Å². The number of rotatable bonds is 7. The summed E-state index contributed by atoms with van der Waals surface area (Å²) in [7, 11) is 0. The van der Waals surface area contributed by atoms with Gasteiger partial charge in [0, 0.05) is 22.9 Å². The Kier molecular flexibility index (Phi) is 6.07. The van der Waals surface area contributed by atoms with Gasteiger partial charge in [-0.2, -0.15) is 0 Å². The monoisotopic (exact) mass is 363 g/mol. The van der Waals surface area contributed by atoms with Gasteiger partial charge in [0.25, 0.3) is 0 Å². The van der Waals surface area contributed by atoms with Crippen molar-refractivity contribution in [3.63, 3.8) is 0 Å². The maximum atomic E-state index is 12.7. The second kappa shape index (κ2) is 8.49. The SMILES string of the molecule is CC(C)NC(=O)C(CCc1c2ccccc2nc2ccccc12)NC(C)C. The first-order chi connectivity index (χ1) is 13.0. The lowest BCUT2D eigenvalue weighted by atomic mass is 9.96. The molecule has 3 aromatic rings. The predicted molar refractivity (Wildman–Crippen MR) is 113 cm³/mol. The number of aryl methyl sites for hydroxylation is 1. The molecule has 0 radical (unpaired) electrons. The Morgan fingerprint density at radius 1 is 0.889 bits per heavy atom. The third-order valence-corrected chi connectivity index (χ3v) is 4.66. The Balaban J connectivity index is 1.94. The normalized spacial score (nSPS) is 12.8. The van der Waals surface area contributed by atoms with Crippen LogP contribution in [-0.2, 0) is 11.2 Å². The number of carbonyl (C=O) groups excluding carboxylic acids is 1. The van der Waals surface area contributed by atoms with Crippen molar-refractivity contribution >= 4 is 27.7 Å². The number of carbonyl (C=O) groups is 1. The Morgan fingerprint density at radius 2 is 1.44 bits per heavy atom. The van der Waals surface area contributed by atoms with E-state index in [1.807, 2.05) is 26.0 Å². The maximum absolute atomic E-state index is 12.7. The van der Waals surface area contributed by atoms with E-state index in [-0.39, 0.29) is 24.0 Å². The van der Waals surface area contributed by atoms with Gasteiger partial charge in [-0.1, -0.05) is 50.2 Å². The summed E-state index contributed by atoms with van der Waals surface area (Å²) in [6, 6.07) is 16.7. The van der Waals surface area contributed by atoms with Gasteiger partial charge in [-0.3, -0.25) is 4.79 Å². The van der Waals surface area contributed by atoms with Crippen LogP contribution < -0.4 is 10.6 Å². The number of aromatic nitrogens is 1. The molecule has 0 fully saturated rings. The molecule has 1 amide bonds. The molecule has 0 aliphatic carbocycles. The fraction of sp³-hybridized carbons (Fsp3) is 0.391. The number of nitrogens with zero attached hydrogens (tertiary/aromatic N) is 1. The molecule has 0 aliphatic rings. The fourth-order valence-electron chi connectivity index (χ4n) is 3.56. The van der Waals surface area contributed by atoms with Gasteiger partial charge in [-0.05, 0) is 44.4 Å². The second-order valence-electron chi connectivity index (χ2n) is 7.70. The number of para-hydroxylation sites is 2. The molecule has 0 bridgehead atoms. The minimum Gasteiger partial charge on any atom is -0.353 e. The van der Waals surface area contributed by atoms with Gasteiger partial charge in [0.15, 0.2) is 0 Å². The number of hydrogen-bond donors (Lipinski definition) is 2. The van der Waals surface area contributed by atoms with Crippen LogP contribution in [0, 0.1) is 0 Å². The quantitative estimate of drug-likeness (QED) is 0.618. The lowest BCUT2D eigenvalue weighted by molar-refractivity contribution is -0.124. The van der Waals surface area contributed by atoms with E-state index in [0.29, 0.717) is 0 Å². The smallest absolute Gasteiger partial charge is 0.237 e. The number of nitrogens with one attached hydrogen (secondary N) is 2. The van der Waals surface area contributed by atoms with Crippen molar-refractivity contribution in [3.8, 4) is 0 Å². The number of fused-ring (bicyclic) bond motifs is 2. The molecule has 1 aromatic heterocycles. The van der Waals surface area contributed by atoms with E-state index in [0.717, 1.165) is 23.9 Å². The number of amides is 1. The Labute approximate surface area is 161 Å². The molecule has 4 heteroatoms. The number of pyridine rings is 1. The van der Waals surface area contributed by atoms with Crippen LogP contribution >= 0.6 is 0 Å². The van der Waals surface area contributed by atoms with E-state index >= 15 is 0 Å². The molecular formula is C23H29N3O. The van der Waals surface area contributed by atoms with E-state index in [1.165, 1.54) is 16.3 Å². The highest BCUT2D eigenvalue weighted by molar-refractivity contribution is 5.97. The lowest BCUT2D eigenvalue weighted by Crippen LogP contribution is -2.48. The zero-order valence-corrected chi connectivity index (χ0v) is 16.6. The van der Waals surface area contributed by atoms with Crippen molar-refractivity contribution in [2.45, 2.75) is 58.7 Å². The lowest BCUT2D eigenvalue weighted by Gasteiger charge is -2.22. The van der Waals surface area contributed by atoms with Crippen molar-refractivity contribution in [1.82, 2.24) is 15.6 Å². The average Bonchev–Trinajstić information content (AvgIpc) is 2.63. The predicted octanol–water partition coefficient (Wildman–Crippen LogP) is 4.21. The van der Waals surface area contributed by atoms with Gasteiger partial charge in [0.2, 0.25) is 5.91 Å². The first-order valence-corrected chi connectivity index (χ1v) is 9.78. The second-order valence-corrected chi connectivity index (χ2v) is 7.70. The van der Waals surface area contributed by atoms with Crippen molar-refractivity contribution in [1.29, 1.82) is 0 Å². The van der Waals surface area contributed by atoms with Gasteiger partial charge >= 0.3 is 0 Å². The summed E-state index contributed by atoms with van der Waals surface area (Å²) >= 11 is 0. The standard InChI is InChI=1S/C23H29N3O/c1-15(2)24-22(23(27)25-16(3)4)14-13-17-18-9-5-7-11-20(18)26-21-12-8-6-10-19(17)21/h5-12,15-16,22,24H,13-14H2,1-4H3,(H,25,27). The maximum Gasteiger partial charge on any atom is 0.237 e. The van der Waals surface area contributed by atoms with Gasteiger partial charge in [-0.25, -0.2) is 4.98 Å². The summed E-state index contributed by atoms with van der Waals surface area (Å²) in [5.41, 5.74) is 3.28. The van der Waals surface area contributed by atoms with E-state index in [2.05, 4.69) is 60.9 Å². The first kappa shape index (κ1) is 19.3. The molecule has 0 aliphatic heterocycles. The van der Waals surface area contributed by atoms with E-state index in [4.69, 9.17) is 4.98 Å². The molecule has 3 rings (SSSR count). The Morgan fingerprint density at radius 3 is 1.96 bits per heavy atom. The third-order valence-electron chi connectivity index (χ3n) is 4.66. The van der Waals surface area contributed by atoms with Crippen LogP contribution in [0.5, 0.6) is 0 Å². The zero-order valence-electron chi connectivity index (χ0n) is 16.6. The minimum absolute atomic E-state index is 0.0707. The molecule has 0 spiro atoms. The zero-order chi connectivity index (χ0) is 19.4. The van der Waals surface area contributed by atoms with Crippen molar-refractivity contribution in [2.24, 2.45) is 0 Å². The van der Waals surface area contributed by atoms with E-state index in [1.54, 1.807) is 0 Å². The molecule has 1 atom stereocenters. The Bertz CT molecular complexity index is 879. The highest BCUT2D eigenvalue weighted by Crippen LogP contribution is 2.27. The molecular weight excluding hydrogens is 334 g/mol. The number of hydrogen-bond acceptors (Lipinski definition) is 3. The summed E-state index contributed by atoms with van der Waals surface area (Å²) in [5, 5.41) is 8.81. The van der Waals surface area contributed by atoms with Crippen LogP contribution in [0.25, 0.3) is 21.8 Å². The van der Waals surface area contributed by atoms with E-state index in [9.17, 15) is 4.79 Å². The summed E-state index contributed by atoms with van der Waals surface area (Å²) in [6.07, 6.45) is 1.56. The molecule has 2 N–H and O–H groups in total. The van der Waals surface area contributed by atoms with E-state index < -0.39 is 0 Å². The van der Waals surface area contributed by atoms with Crippen molar-refractivity contribution < 1.29 is 4.79 Å². The average molecular weight is 364 g/mol. The van der Waals surface area contributed by atoms with Crippen LogP contribution in [0.1, 0.15) is 39.7 Å².